The number of methoxy groups -OCH3 is 1. The smallest absolute Gasteiger partial charge is 0.189 e. The van der Waals surface area contributed by atoms with Gasteiger partial charge in [0.05, 0.1) is 7.11 Å². The molecule has 0 amide bonds. The number of carbonyl (C=O) groups excluding carboxylic acids is 1. The number of carbonyl (C=O) groups is 1. The molecule has 0 N–H and O–H groups in total. The van der Waals surface area contributed by atoms with Crippen molar-refractivity contribution in [1.82, 2.24) is 0 Å². The number of fused-ring (bicyclic) bond motifs is 2. The van der Waals surface area contributed by atoms with Gasteiger partial charge in [-0.15, -0.1) is 0 Å². The predicted octanol–water partition coefficient (Wildman–Crippen LogP) is 3.68. The van der Waals surface area contributed by atoms with E-state index in [-0.39, 0.29) is 5.78 Å². The highest BCUT2D eigenvalue weighted by molar-refractivity contribution is 6.13. The molecule has 0 saturated carbocycles. The first-order valence-corrected chi connectivity index (χ1v) is 8.06. The lowest BCUT2D eigenvalue weighted by Gasteiger charge is -2.20. The fourth-order valence-corrected chi connectivity index (χ4v) is 3.17. The number of Topliss-reactive ketones (excluding diaryl/α,β-unsaturated/α-hetero) is 1. The van der Waals surface area contributed by atoms with Crippen molar-refractivity contribution in [2.75, 3.05) is 20.3 Å². The molecule has 1 heterocycles. The maximum Gasteiger partial charge on any atom is 0.189 e. The fraction of sp³-hybridized carbons (Fsp3) is 0.250. The van der Waals surface area contributed by atoms with Crippen molar-refractivity contribution in [3.05, 3.63) is 58.7 Å². The molecule has 0 radical (unpaired) electrons. The van der Waals surface area contributed by atoms with E-state index in [1.165, 1.54) is 0 Å². The number of ketones is 1. The summed E-state index contributed by atoms with van der Waals surface area (Å²) in [7, 11) is 1.64. The predicted molar refractivity (Wildman–Crippen MR) is 91.1 cm³/mol. The molecule has 0 saturated heterocycles. The van der Waals surface area contributed by atoms with Gasteiger partial charge in [-0.25, -0.2) is 0 Å². The van der Waals surface area contributed by atoms with Gasteiger partial charge in [0.15, 0.2) is 17.3 Å². The molecule has 24 heavy (non-hydrogen) atoms. The number of allylic oxidation sites excluding steroid dienone is 1. The first-order valence-electron chi connectivity index (χ1n) is 8.06. The Labute approximate surface area is 140 Å². The number of rotatable bonds is 2. The average Bonchev–Trinajstić information content (AvgIpc) is 2.63. The Hall–Kier alpha value is -2.75. The molecule has 4 nitrogen and oxygen atoms in total. The second-order valence-electron chi connectivity index (χ2n) is 5.92. The van der Waals surface area contributed by atoms with Crippen LogP contribution in [0.2, 0.25) is 0 Å². The number of hydrogen-bond donors (Lipinski definition) is 0. The standard InChI is InChI=1S/C20H18O4/c1-22-16-5-6-17-14(12-16)3-4-15(20(17)21)10-13-2-7-18-19(11-13)24-9-8-23-18/h2,5-7,10-12H,3-4,8-9H2,1H3/b15-10-. The van der Waals surface area contributed by atoms with Crippen molar-refractivity contribution in [1.29, 1.82) is 0 Å². The lowest BCUT2D eigenvalue weighted by Crippen LogP contribution is -2.15. The Balaban J connectivity index is 1.65. The van der Waals surface area contributed by atoms with Crippen LogP contribution in [0.15, 0.2) is 42.0 Å². The van der Waals surface area contributed by atoms with Crippen LogP contribution in [0.25, 0.3) is 6.08 Å². The summed E-state index contributed by atoms with van der Waals surface area (Å²) in [5.74, 6) is 2.38. The molecule has 0 unspecified atom stereocenters. The van der Waals surface area contributed by atoms with Gasteiger partial charge in [-0.1, -0.05) is 6.07 Å². The Morgan fingerprint density at radius 1 is 1.00 bits per heavy atom. The monoisotopic (exact) mass is 322 g/mol. The zero-order valence-corrected chi connectivity index (χ0v) is 13.5. The third-order valence-electron chi connectivity index (χ3n) is 4.42. The molecule has 0 bridgehead atoms. The molecule has 2 aromatic carbocycles. The molecule has 0 fully saturated rings. The highest BCUT2D eigenvalue weighted by Gasteiger charge is 2.22. The summed E-state index contributed by atoms with van der Waals surface area (Å²) in [6.07, 6.45) is 3.52. The van der Waals surface area contributed by atoms with Crippen LogP contribution in [0.3, 0.4) is 0 Å². The van der Waals surface area contributed by atoms with Crippen LogP contribution < -0.4 is 14.2 Å². The molecule has 0 atom stereocenters. The molecular formula is C20H18O4. The SMILES string of the molecule is COc1ccc2c(c1)CC/C(=C/c1ccc3c(c1)OCCO3)C2=O. The zero-order chi connectivity index (χ0) is 16.5. The third-order valence-corrected chi connectivity index (χ3v) is 4.42. The number of aryl methyl sites for hydroxylation is 1. The summed E-state index contributed by atoms with van der Waals surface area (Å²) < 4.78 is 16.4. The van der Waals surface area contributed by atoms with Crippen molar-refractivity contribution in [3.8, 4) is 17.2 Å². The fourth-order valence-electron chi connectivity index (χ4n) is 3.17. The third kappa shape index (κ3) is 2.64. The van der Waals surface area contributed by atoms with E-state index in [2.05, 4.69) is 0 Å². The molecule has 1 aliphatic carbocycles. The van der Waals surface area contributed by atoms with Gasteiger partial charge in [-0.2, -0.15) is 0 Å². The Morgan fingerprint density at radius 3 is 2.67 bits per heavy atom. The molecular weight excluding hydrogens is 304 g/mol. The van der Waals surface area contributed by atoms with Crippen LogP contribution in [0.1, 0.15) is 27.9 Å². The van der Waals surface area contributed by atoms with Crippen molar-refractivity contribution >= 4 is 11.9 Å². The van der Waals surface area contributed by atoms with Crippen LogP contribution in [0, 0.1) is 0 Å². The molecule has 4 heteroatoms. The van der Waals surface area contributed by atoms with Crippen LogP contribution >= 0.6 is 0 Å². The van der Waals surface area contributed by atoms with Crippen LogP contribution in [0.4, 0.5) is 0 Å². The second kappa shape index (κ2) is 6.04. The van der Waals surface area contributed by atoms with Gasteiger partial charge >= 0.3 is 0 Å². The topological polar surface area (TPSA) is 44.8 Å². The minimum absolute atomic E-state index is 0.0915. The minimum Gasteiger partial charge on any atom is -0.497 e. The highest BCUT2D eigenvalue weighted by Crippen LogP contribution is 2.33. The zero-order valence-electron chi connectivity index (χ0n) is 13.5. The average molecular weight is 322 g/mol. The Morgan fingerprint density at radius 2 is 1.83 bits per heavy atom. The lowest BCUT2D eigenvalue weighted by molar-refractivity contribution is 0.102. The van der Waals surface area contributed by atoms with Crippen molar-refractivity contribution in [2.45, 2.75) is 12.8 Å². The quantitative estimate of drug-likeness (QED) is 0.791. The Kier molecular flexibility index (Phi) is 3.73. The molecule has 4 rings (SSSR count). The summed E-state index contributed by atoms with van der Waals surface area (Å²) in [5.41, 5.74) is 3.61. The summed E-state index contributed by atoms with van der Waals surface area (Å²) in [4.78, 5) is 12.7. The number of ether oxygens (including phenoxy) is 3. The molecule has 2 aliphatic rings. The van der Waals surface area contributed by atoms with E-state index in [9.17, 15) is 4.79 Å². The molecule has 2 aromatic rings. The van der Waals surface area contributed by atoms with Crippen LogP contribution in [-0.4, -0.2) is 26.1 Å². The lowest BCUT2D eigenvalue weighted by atomic mass is 9.86. The molecule has 1 aliphatic heterocycles. The largest absolute Gasteiger partial charge is 0.497 e. The van der Waals surface area contributed by atoms with Gasteiger partial charge in [0.1, 0.15) is 19.0 Å². The summed E-state index contributed by atoms with van der Waals surface area (Å²) in [6, 6.07) is 11.4. The molecule has 0 spiro atoms. The van der Waals surface area contributed by atoms with E-state index in [4.69, 9.17) is 14.2 Å². The normalized spacial score (nSPS) is 17.5. The summed E-state index contributed by atoms with van der Waals surface area (Å²) in [5, 5.41) is 0. The Bertz CT molecular complexity index is 836. The van der Waals surface area contributed by atoms with E-state index in [0.717, 1.165) is 52.4 Å². The maximum atomic E-state index is 12.7. The van der Waals surface area contributed by atoms with Gasteiger partial charge in [-0.05, 0) is 60.4 Å². The van der Waals surface area contributed by atoms with E-state index in [0.29, 0.717) is 13.2 Å². The minimum atomic E-state index is 0.0915. The van der Waals surface area contributed by atoms with E-state index >= 15 is 0 Å². The summed E-state index contributed by atoms with van der Waals surface area (Å²) >= 11 is 0. The van der Waals surface area contributed by atoms with E-state index in [1.807, 2.05) is 42.5 Å². The van der Waals surface area contributed by atoms with E-state index < -0.39 is 0 Å². The maximum absolute atomic E-state index is 12.7. The second-order valence-corrected chi connectivity index (χ2v) is 5.92. The van der Waals surface area contributed by atoms with Crippen LogP contribution in [-0.2, 0) is 6.42 Å². The van der Waals surface area contributed by atoms with Crippen LogP contribution in [0.5, 0.6) is 17.2 Å². The van der Waals surface area contributed by atoms with Crippen molar-refractivity contribution in [2.24, 2.45) is 0 Å². The van der Waals surface area contributed by atoms with Gasteiger partial charge in [0.2, 0.25) is 0 Å². The molecule has 122 valence electrons. The van der Waals surface area contributed by atoms with Crippen molar-refractivity contribution < 1.29 is 19.0 Å². The number of hydrogen-bond acceptors (Lipinski definition) is 4. The highest BCUT2D eigenvalue weighted by atomic mass is 16.6. The first kappa shape index (κ1) is 14.8. The van der Waals surface area contributed by atoms with Gasteiger partial charge < -0.3 is 14.2 Å². The van der Waals surface area contributed by atoms with Crippen molar-refractivity contribution in [3.63, 3.8) is 0 Å². The van der Waals surface area contributed by atoms with Gasteiger partial charge in [0, 0.05) is 11.1 Å². The first-order chi connectivity index (χ1) is 11.7. The number of benzene rings is 2. The molecule has 0 aromatic heterocycles. The van der Waals surface area contributed by atoms with E-state index in [1.54, 1.807) is 7.11 Å². The van der Waals surface area contributed by atoms with Gasteiger partial charge in [0.25, 0.3) is 0 Å². The van der Waals surface area contributed by atoms with Gasteiger partial charge in [-0.3, -0.25) is 4.79 Å². The summed E-state index contributed by atoms with van der Waals surface area (Å²) in [6.45, 7) is 1.13.